The maximum Gasteiger partial charge on any atom is 0.224 e. The van der Waals surface area contributed by atoms with E-state index in [4.69, 9.17) is 11.6 Å². The van der Waals surface area contributed by atoms with Gasteiger partial charge in [-0.05, 0) is 17.2 Å². The maximum absolute atomic E-state index is 10.3. The fourth-order valence-electron chi connectivity index (χ4n) is 2.49. The lowest BCUT2D eigenvalue weighted by atomic mass is 10.0. The smallest absolute Gasteiger partial charge is 0.224 e. The number of hydrogen-bond acceptors (Lipinski definition) is 4. The van der Waals surface area contributed by atoms with Crippen LogP contribution >= 0.6 is 11.6 Å². The molecule has 4 nitrogen and oxygen atoms in total. The first-order valence-corrected chi connectivity index (χ1v) is 6.67. The first-order chi connectivity index (χ1) is 9.58. The minimum Gasteiger partial charge on any atom is -0.511 e. The van der Waals surface area contributed by atoms with Gasteiger partial charge in [0.15, 0.2) is 0 Å². The quantitative estimate of drug-likeness (QED) is 0.863. The van der Waals surface area contributed by atoms with Crippen LogP contribution in [0.1, 0.15) is 16.8 Å². The molecule has 1 aliphatic rings. The van der Waals surface area contributed by atoms with Crippen molar-refractivity contribution >= 4 is 23.0 Å². The van der Waals surface area contributed by atoms with E-state index in [1.807, 2.05) is 49.3 Å². The van der Waals surface area contributed by atoms with Crippen LogP contribution in [0.3, 0.4) is 0 Å². The third-order valence-corrected chi connectivity index (χ3v) is 3.48. The largest absolute Gasteiger partial charge is 0.511 e. The molecule has 0 saturated carbocycles. The molecule has 0 fully saturated rings. The molecule has 0 unspecified atom stereocenters. The number of aliphatic hydroxyl groups excluding tert-OH is 1. The molecule has 0 saturated heterocycles. The number of nitrogens with zero attached hydrogens (tertiary/aromatic N) is 3. The summed E-state index contributed by atoms with van der Waals surface area (Å²) in [4.78, 5) is 10.4. The normalized spacial score (nSPS) is 13.6. The summed E-state index contributed by atoms with van der Waals surface area (Å²) < 4.78 is 0. The Balaban J connectivity index is 2.21. The van der Waals surface area contributed by atoms with Gasteiger partial charge in [-0.1, -0.05) is 30.3 Å². The monoisotopic (exact) mass is 287 g/mol. The van der Waals surface area contributed by atoms with Crippen molar-refractivity contribution in [2.45, 2.75) is 6.42 Å². The van der Waals surface area contributed by atoms with Crippen molar-refractivity contribution < 1.29 is 5.11 Å². The minimum atomic E-state index is 0.190. The number of anilines is 1. The first-order valence-electron chi connectivity index (χ1n) is 6.29. The number of fused-ring (bicyclic) bond motifs is 1. The number of allylic oxidation sites excluding steroid dienone is 1. The summed E-state index contributed by atoms with van der Waals surface area (Å²) in [6.45, 7) is 0. The molecular weight excluding hydrogens is 274 g/mol. The molecular formula is C15H14ClN3O. The van der Waals surface area contributed by atoms with Crippen LogP contribution in [-0.2, 0) is 6.42 Å². The van der Waals surface area contributed by atoms with Crippen molar-refractivity contribution in [1.29, 1.82) is 0 Å². The van der Waals surface area contributed by atoms with Gasteiger partial charge in [0, 0.05) is 31.7 Å². The lowest BCUT2D eigenvalue weighted by Gasteiger charge is -2.15. The van der Waals surface area contributed by atoms with E-state index in [-0.39, 0.29) is 5.28 Å². The van der Waals surface area contributed by atoms with Crippen molar-refractivity contribution in [3.05, 3.63) is 58.2 Å². The molecule has 1 aromatic carbocycles. The Bertz CT molecular complexity index is 696. The summed E-state index contributed by atoms with van der Waals surface area (Å²) in [5.74, 6) is 1.06. The van der Waals surface area contributed by atoms with Crippen LogP contribution in [-0.4, -0.2) is 29.2 Å². The Kier molecular flexibility index (Phi) is 3.10. The zero-order valence-electron chi connectivity index (χ0n) is 11.3. The van der Waals surface area contributed by atoms with Crippen molar-refractivity contribution in [2.75, 3.05) is 19.0 Å². The SMILES string of the molecule is CN(C)c1nc(Cl)nc2c1CC(O)=C2c1ccccc1. The van der Waals surface area contributed by atoms with Crippen LogP contribution < -0.4 is 4.90 Å². The van der Waals surface area contributed by atoms with Crippen LogP contribution in [0.5, 0.6) is 0 Å². The Morgan fingerprint density at radius 3 is 2.50 bits per heavy atom. The topological polar surface area (TPSA) is 49.2 Å². The maximum atomic E-state index is 10.3. The lowest BCUT2D eigenvalue weighted by molar-refractivity contribution is 0.405. The number of aliphatic hydroxyl groups is 1. The van der Waals surface area contributed by atoms with Crippen molar-refractivity contribution in [3.63, 3.8) is 0 Å². The molecule has 2 aromatic rings. The standard InChI is InChI=1S/C15H14ClN3O/c1-19(2)14-10-8-11(20)12(9-6-4-3-5-7-9)13(10)17-15(16)18-14/h3-7,20H,8H2,1-2H3. The van der Waals surface area contributed by atoms with Crippen LogP contribution in [0, 0.1) is 0 Å². The molecule has 1 N–H and O–H groups in total. The minimum absolute atomic E-state index is 0.190. The Morgan fingerprint density at radius 1 is 1.15 bits per heavy atom. The molecule has 0 aliphatic heterocycles. The summed E-state index contributed by atoms with van der Waals surface area (Å²) in [5.41, 5.74) is 3.31. The van der Waals surface area contributed by atoms with E-state index in [0.717, 1.165) is 28.2 Å². The van der Waals surface area contributed by atoms with E-state index < -0.39 is 0 Å². The average molecular weight is 288 g/mol. The number of hydrogen-bond donors (Lipinski definition) is 1. The predicted molar refractivity (Wildman–Crippen MR) is 80.2 cm³/mol. The third kappa shape index (κ3) is 2.02. The molecule has 1 aromatic heterocycles. The zero-order valence-corrected chi connectivity index (χ0v) is 12.0. The van der Waals surface area contributed by atoms with Crippen LogP contribution in [0.25, 0.3) is 5.57 Å². The van der Waals surface area contributed by atoms with Gasteiger partial charge in [0.2, 0.25) is 5.28 Å². The second kappa shape index (κ2) is 4.80. The van der Waals surface area contributed by atoms with Gasteiger partial charge in [0.1, 0.15) is 11.6 Å². The van der Waals surface area contributed by atoms with Gasteiger partial charge in [0.25, 0.3) is 0 Å². The highest BCUT2D eigenvalue weighted by atomic mass is 35.5. The summed E-state index contributed by atoms with van der Waals surface area (Å²) >= 11 is 6.02. The Morgan fingerprint density at radius 2 is 1.85 bits per heavy atom. The van der Waals surface area contributed by atoms with E-state index >= 15 is 0 Å². The second-order valence-electron chi connectivity index (χ2n) is 4.90. The highest BCUT2D eigenvalue weighted by Gasteiger charge is 2.28. The number of halogens is 1. The molecule has 102 valence electrons. The molecule has 20 heavy (non-hydrogen) atoms. The van der Waals surface area contributed by atoms with E-state index in [9.17, 15) is 5.11 Å². The van der Waals surface area contributed by atoms with Gasteiger partial charge in [0.05, 0.1) is 5.69 Å². The summed E-state index contributed by atoms with van der Waals surface area (Å²) in [6.07, 6.45) is 0.435. The van der Waals surface area contributed by atoms with E-state index in [1.165, 1.54) is 0 Å². The molecule has 5 heteroatoms. The van der Waals surface area contributed by atoms with Gasteiger partial charge in [-0.15, -0.1) is 0 Å². The highest BCUT2D eigenvalue weighted by molar-refractivity contribution is 6.28. The van der Waals surface area contributed by atoms with Crippen LogP contribution in [0.15, 0.2) is 36.1 Å². The Hall–Kier alpha value is -2.07. The molecule has 1 aliphatic carbocycles. The number of rotatable bonds is 2. The van der Waals surface area contributed by atoms with Gasteiger partial charge in [-0.2, -0.15) is 0 Å². The zero-order chi connectivity index (χ0) is 14.3. The fraction of sp³-hybridized carbons (Fsp3) is 0.200. The predicted octanol–water partition coefficient (Wildman–Crippen LogP) is 3.07. The summed E-state index contributed by atoms with van der Waals surface area (Å²) in [5, 5.41) is 10.5. The van der Waals surface area contributed by atoms with Gasteiger partial charge < -0.3 is 10.0 Å². The molecule has 0 bridgehead atoms. The van der Waals surface area contributed by atoms with Crippen molar-refractivity contribution in [1.82, 2.24) is 9.97 Å². The number of benzene rings is 1. The van der Waals surface area contributed by atoms with E-state index in [0.29, 0.717) is 12.2 Å². The fourth-order valence-corrected chi connectivity index (χ4v) is 2.65. The van der Waals surface area contributed by atoms with Gasteiger partial charge in [-0.3, -0.25) is 0 Å². The van der Waals surface area contributed by atoms with Gasteiger partial charge in [-0.25, -0.2) is 9.97 Å². The van der Waals surface area contributed by atoms with E-state index in [2.05, 4.69) is 9.97 Å². The Labute approximate surface area is 122 Å². The van der Waals surface area contributed by atoms with E-state index in [1.54, 1.807) is 0 Å². The molecule has 0 amide bonds. The second-order valence-corrected chi connectivity index (χ2v) is 5.24. The molecule has 0 atom stereocenters. The molecule has 3 rings (SSSR count). The summed E-state index contributed by atoms with van der Waals surface area (Å²) in [6, 6.07) is 9.71. The van der Waals surface area contributed by atoms with Crippen LogP contribution in [0.4, 0.5) is 5.82 Å². The average Bonchev–Trinajstić information content (AvgIpc) is 2.74. The van der Waals surface area contributed by atoms with Crippen molar-refractivity contribution in [2.24, 2.45) is 0 Å². The molecule has 0 spiro atoms. The number of aromatic nitrogens is 2. The van der Waals surface area contributed by atoms with Crippen molar-refractivity contribution in [3.8, 4) is 0 Å². The van der Waals surface area contributed by atoms with Gasteiger partial charge >= 0.3 is 0 Å². The highest BCUT2D eigenvalue weighted by Crippen LogP contribution is 2.39. The first kappa shape index (κ1) is 12.9. The molecule has 0 radical (unpaired) electrons. The summed E-state index contributed by atoms with van der Waals surface area (Å²) in [7, 11) is 3.80. The lowest BCUT2D eigenvalue weighted by Crippen LogP contribution is -2.14. The third-order valence-electron chi connectivity index (χ3n) is 3.31. The molecule has 1 heterocycles. The van der Waals surface area contributed by atoms with Crippen LogP contribution in [0.2, 0.25) is 5.28 Å².